The second kappa shape index (κ2) is 7.98. The van der Waals surface area contributed by atoms with E-state index in [4.69, 9.17) is 9.72 Å². The summed E-state index contributed by atoms with van der Waals surface area (Å²) in [4.78, 5) is 5.84. The zero-order valence-corrected chi connectivity index (χ0v) is 16.8. The number of nitrogens with one attached hydrogen (secondary N) is 3. The van der Waals surface area contributed by atoms with Gasteiger partial charge in [0.1, 0.15) is 5.82 Å². The second-order valence-corrected chi connectivity index (χ2v) is 8.30. The molecule has 0 spiro atoms. The molecule has 0 unspecified atom stereocenters. The molecule has 27 heavy (non-hydrogen) atoms. The number of aromatic amines is 1. The SMILES string of the molecule is COC=C(CO)CNc1cc(NC(C)(C)C)nc2cc(-c3ccn[nH]3)sc12. The summed E-state index contributed by atoms with van der Waals surface area (Å²) in [6, 6.07) is 6.00. The fraction of sp³-hybridized carbons (Fsp3) is 0.368. The number of aliphatic hydroxyl groups is 1. The molecular weight excluding hydrogens is 362 g/mol. The van der Waals surface area contributed by atoms with E-state index in [-0.39, 0.29) is 12.1 Å². The van der Waals surface area contributed by atoms with Gasteiger partial charge < -0.3 is 20.5 Å². The third kappa shape index (κ3) is 4.78. The summed E-state index contributed by atoms with van der Waals surface area (Å²) >= 11 is 1.64. The normalized spacial score (nSPS) is 12.4. The van der Waals surface area contributed by atoms with E-state index in [2.05, 4.69) is 47.7 Å². The van der Waals surface area contributed by atoms with Crippen molar-refractivity contribution in [2.24, 2.45) is 0 Å². The predicted molar refractivity (Wildman–Crippen MR) is 111 cm³/mol. The van der Waals surface area contributed by atoms with Crippen LogP contribution < -0.4 is 10.6 Å². The molecular formula is C19H25N5O2S. The summed E-state index contributed by atoms with van der Waals surface area (Å²) in [5.74, 6) is 0.799. The van der Waals surface area contributed by atoms with Crippen LogP contribution in [0, 0.1) is 0 Å². The fourth-order valence-corrected chi connectivity index (χ4v) is 3.70. The highest BCUT2D eigenvalue weighted by Crippen LogP contribution is 2.37. The first-order valence-electron chi connectivity index (χ1n) is 8.67. The largest absolute Gasteiger partial charge is 0.504 e. The van der Waals surface area contributed by atoms with Gasteiger partial charge in [0.15, 0.2) is 0 Å². The smallest absolute Gasteiger partial charge is 0.129 e. The molecule has 0 saturated carbocycles. The number of rotatable bonds is 7. The Morgan fingerprint density at radius 2 is 2.19 bits per heavy atom. The van der Waals surface area contributed by atoms with Crippen LogP contribution in [-0.4, -0.2) is 46.1 Å². The van der Waals surface area contributed by atoms with Crippen LogP contribution in [0.5, 0.6) is 0 Å². The highest BCUT2D eigenvalue weighted by Gasteiger charge is 2.16. The Hall–Kier alpha value is -2.58. The van der Waals surface area contributed by atoms with Gasteiger partial charge >= 0.3 is 0 Å². The van der Waals surface area contributed by atoms with E-state index < -0.39 is 0 Å². The summed E-state index contributed by atoms with van der Waals surface area (Å²) in [5.41, 5.74) is 3.48. The van der Waals surface area contributed by atoms with Gasteiger partial charge in [-0.2, -0.15) is 5.10 Å². The van der Waals surface area contributed by atoms with Crippen LogP contribution in [0.3, 0.4) is 0 Å². The molecule has 4 N–H and O–H groups in total. The number of nitrogens with zero attached hydrogens (tertiary/aromatic N) is 2. The summed E-state index contributed by atoms with van der Waals surface area (Å²) in [7, 11) is 1.57. The molecule has 0 atom stereocenters. The van der Waals surface area contributed by atoms with E-state index in [9.17, 15) is 5.11 Å². The van der Waals surface area contributed by atoms with Crippen LogP contribution in [0.2, 0.25) is 0 Å². The molecule has 144 valence electrons. The third-order valence-electron chi connectivity index (χ3n) is 3.74. The van der Waals surface area contributed by atoms with Crippen molar-refractivity contribution in [3.63, 3.8) is 0 Å². The van der Waals surface area contributed by atoms with Gasteiger partial charge in [0.05, 0.1) is 46.5 Å². The van der Waals surface area contributed by atoms with Gasteiger partial charge in [-0.25, -0.2) is 4.98 Å². The Morgan fingerprint density at radius 1 is 1.37 bits per heavy atom. The summed E-state index contributed by atoms with van der Waals surface area (Å²) in [5, 5.41) is 23.3. The molecule has 3 heterocycles. The number of methoxy groups -OCH3 is 1. The van der Waals surface area contributed by atoms with E-state index in [0.717, 1.165) is 37.9 Å². The first-order valence-corrected chi connectivity index (χ1v) is 9.49. The Balaban J connectivity index is 2.00. The lowest BCUT2D eigenvalue weighted by Gasteiger charge is -2.22. The van der Waals surface area contributed by atoms with Gasteiger partial charge in [-0.05, 0) is 32.9 Å². The number of thiophene rings is 1. The Morgan fingerprint density at radius 3 is 2.81 bits per heavy atom. The molecule has 3 rings (SSSR count). The third-order valence-corrected chi connectivity index (χ3v) is 4.93. The van der Waals surface area contributed by atoms with Crippen LogP contribution in [0.25, 0.3) is 20.8 Å². The van der Waals surface area contributed by atoms with Gasteiger partial charge in [-0.15, -0.1) is 11.3 Å². The van der Waals surface area contributed by atoms with Gasteiger partial charge in [0.25, 0.3) is 0 Å². The lowest BCUT2D eigenvalue weighted by Crippen LogP contribution is -2.26. The van der Waals surface area contributed by atoms with Gasteiger partial charge in [0, 0.05) is 29.9 Å². The van der Waals surface area contributed by atoms with Crippen molar-refractivity contribution in [3.8, 4) is 10.6 Å². The lowest BCUT2D eigenvalue weighted by atomic mass is 10.1. The van der Waals surface area contributed by atoms with E-state index in [1.54, 1.807) is 30.9 Å². The molecule has 0 radical (unpaired) electrons. The molecule has 0 saturated heterocycles. The zero-order chi connectivity index (χ0) is 19.4. The topological polar surface area (TPSA) is 95.1 Å². The number of hydrogen-bond acceptors (Lipinski definition) is 7. The highest BCUT2D eigenvalue weighted by molar-refractivity contribution is 7.22. The Bertz CT molecular complexity index is 926. The van der Waals surface area contributed by atoms with Crippen molar-refractivity contribution in [2.45, 2.75) is 26.3 Å². The van der Waals surface area contributed by atoms with Crippen LogP contribution in [-0.2, 0) is 4.74 Å². The quantitative estimate of drug-likeness (QED) is 0.460. The van der Waals surface area contributed by atoms with Gasteiger partial charge in [0.2, 0.25) is 0 Å². The van der Waals surface area contributed by atoms with E-state index in [0.29, 0.717) is 6.54 Å². The maximum absolute atomic E-state index is 9.46. The number of aromatic nitrogens is 3. The number of hydrogen-bond donors (Lipinski definition) is 4. The van der Waals surface area contributed by atoms with Crippen LogP contribution in [0.15, 0.2) is 36.2 Å². The number of fused-ring (bicyclic) bond motifs is 1. The van der Waals surface area contributed by atoms with Gasteiger partial charge in [-0.1, -0.05) is 0 Å². The van der Waals surface area contributed by atoms with E-state index in [1.807, 2.05) is 12.1 Å². The maximum Gasteiger partial charge on any atom is 0.129 e. The lowest BCUT2D eigenvalue weighted by molar-refractivity contribution is 0.300. The first kappa shape index (κ1) is 19.2. The van der Waals surface area contributed by atoms with Crippen molar-refractivity contribution in [1.82, 2.24) is 15.2 Å². The summed E-state index contributed by atoms with van der Waals surface area (Å²) < 4.78 is 6.07. The van der Waals surface area contributed by atoms with Crippen LogP contribution in [0.1, 0.15) is 20.8 Å². The molecule has 7 nitrogen and oxygen atoms in total. The van der Waals surface area contributed by atoms with E-state index in [1.165, 1.54) is 0 Å². The number of H-pyrrole nitrogens is 1. The van der Waals surface area contributed by atoms with Gasteiger partial charge in [-0.3, -0.25) is 5.10 Å². The van der Waals surface area contributed by atoms with E-state index >= 15 is 0 Å². The summed E-state index contributed by atoms with van der Waals surface area (Å²) in [6.07, 6.45) is 3.30. The minimum Gasteiger partial charge on any atom is -0.504 e. The maximum atomic E-state index is 9.46. The average Bonchev–Trinajstić information content (AvgIpc) is 3.25. The average molecular weight is 388 g/mol. The fourth-order valence-electron chi connectivity index (χ4n) is 2.64. The molecule has 0 amide bonds. The first-order chi connectivity index (χ1) is 12.9. The van der Waals surface area contributed by atoms with Crippen molar-refractivity contribution in [3.05, 3.63) is 36.2 Å². The minimum absolute atomic E-state index is 0.0635. The standard InChI is InChI=1S/C19H25N5O2S/c1-19(2,3)23-17-8-14(20-9-12(10-25)11-26-4)18-15(22-17)7-16(27-18)13-5-6-21-24-13/h5-8,11,25H,9-10H2,1-4H3,(H,21,24)(H2,20,22,23). The number of anilines is 2. The van der Waals surface area contributed by atoms with Crippen molar-refractivity contribution >= 4 is 33.1 Å². The molecule has 0 aromatic carbocycles. The molecule has 8 heteroatoms. The molecule has 0 aliphatic carbocycles. The highest BCUT2D eigenvalue weighted by atomic mass is 32.1. The molecule has 0 bridgehead atoms. The second-order valence-electron chi connectivity index (χ2n) is 7.25. The number of pyridine rings is 1. The zero-order valence-electron chi connectivity index (χ0n) is 16.0. The number of ether oxygens (including phenoxy) is 1. The number of aliphatic hydroxyl groups excluding tert-OH is 1. The van der Waals surface area contributed by atoms with Crippen molar-refractivity contribution in [2.75, 3.05) is 30.9 Å². The monoisotopic (exact) mass is 387 g/mol. The molecule has 0 fully saturated rings. The van der Waals surface area contributed by atoms with Crippen molar-refractivity contribution in [1.29, 1.82) is 0 Å². The molecule has 0 aliphatic heterocycles. The van der Waals surface area contributed by atoms with Crippen molar-refractivity contribution < 1.29 is 9.84 Å². The van der Waals surface area contributed by atoms with Crippen LogP contribution >= 0.6 is 11.3 Å². The molecule has 3 aromatic heterocycles. The summed E-state index contributed by atoms with van der Waals surface area (Å²) in [6.45, 7) is 6.71. The Kier molecular flexibility index (Phi) is 5.67. The minimum atomic E-state index is -0.105. The predicted octanol–water partition coefficient (Wildman–Crippen LogP) is 3.83. The van der Waals surface area contributed by atoms with Crippen LogP contribution in [0.4, 0.5) is 11.5 Å². The molecule has 0 aliphatic rings. The molecule has 3 aromatic rings. The Labute approximate surface area is 162 Å².